The molecule has 0 fully saturated rings. The number of anilines is 1. The number of rotatable bonds is 3. The van der Waals surface area contributed by atoms with Crippen molar-refractivity contribution in [3.05, 3.63) is 29.3 Å². The Morgan fingerprint density at radius 3 is 2.93 bits per heavy atom. The number of aryl methyl sites for hydroxylation is 1. The molecule has 1 aromatic rings. The standard InChI is InChI=1S/C10H10N2O2/c1-7-3-2-4-9(8(7)5-11)12-6-10(13)14/h2-4,12H,6H2,1H3,(H,13,14). The lowest BCUT2D eigenvalue weighted by Gasteiger charge is -2.06. The molecule has 0 amide bonds. The Kier molecular flexibility index (Phi) is 3.08. The van der Waals surface area contributed by atoms with Crippen molar-refractivity contribution in [1.29, 1.82) is 5.26 Å². The second-order valence-electron chi connectivity index (χ2n) is 2.86. The van der Waals surface area contributed by atoms with Crippen LogP contribution in [-0.2, 0) is 4.79 Å². The Balaban J connectivity index is 2.92. The number of nitriles is 1. The molecule has 0 unspecified atom stereocenters. The molecule has 0 radical (unpaired) electrons. The van der Waals surface area contributed by atoms with Gasteiger partial charge in [0.05, 0.1) is 11.3 Å². The van der Waals surface area contributed by atoms with Crippen LogP contribution >= 0.6 is 0 Å². The lowest BCUT2D eigenvalue weighted by atomic mass is 10.1. The molecule has 0 aliphatic heterocycles. The topological polar surface area (TPSA) is 73.1 Å². The van der Waals surface area contributed by atoms with Crippen molar-refractivity contribution in [2.45, 2.75) is 6.92 Å². The first-order chi connectivity index (χ1) is 6.65. The zero-order valence-corrected chi connectivity index (χ0v) is 7.74. The predicted molar refractivity (Wildman–Crippen MR) is 52.0 cm³/mol. The predicted octanol–water partition coefficient (Wildman–Crippen LogP) is 1.36. The van der Waals surface area contributed by atoms with Gasteiger partial charge >= 0.3 is 5.97 Å². The highest BCUT2D eigenvalue weighted by atomic mass is 16.4. The number of nitrogens with zero attached hydrogens (tertiary/aromatic N) is 1. The van der Waals surface area contributed by atoms with E-state index in [4.69, 9.17) is 10.4 Å². The molecule has 1 rings (SSSR count). The van der Waals surface area contributed by atoms with Crippen LogP contribution in [0.15, 0.2) is 18.2 Å². The number of nitrogens with one attached hydrogen (secondary N) is 1. The van der Waals surface area contributed by atoms with E-state index in [1.165, 1.54) is 0 Å². The second-order valence-corrected chi connectivity index (χ2v) is 2.86. The van der Waals surface area contributed by atoms with Crippen molar-refractivity contribution in [2.24, 2.45) is 0 Å². The van der Waals surface area contributed by atoms with Crippen LogP contribution in [0.1, 0.15) is 11.1 Å². The average molecular weight is 190 g/mol. The third-order valence-corrected chi connectivity index (χ3v) is 1.81. The van der Waals surface area contributed by atoms with Gasteiger partial charge in [-0.15, -0.1) is 0 Å². The highest BCUT2D eigenvalue weighted by Crippen LogP contribution is 2.17. The monoisotopic (exact) mass is 190 g/mol. The molecule has 0 heterocycles. The molecule has 2 N–H and O–H groups in total. The molecule has 4 nitrogen and oxygen atoms in total. The molecule has 0 aliphatic carbocycles. The molecule has 0 aliphatic rings. The number of carboxylic acids is 1. The van der Waals surface area contributed by atoms with Crippen molar-refractivity contribution in [1.82, 2.24) is 0 Å². The maximum atomic E-state index is 10.3. The van der Waals surface area contributed by atoms with Crippen molar-refractivity contribution in [3.63, 3.8) is 0 Å². The molecule has 72 valence electrons. The van der Waals surface area contributed by atoms with E-state index in [0.29, 0.717) is 11.3 Å². The average Bonchev–Trinajstić information content (AvgIpc) is 2.14. The zero-order valence-electron chi connectivity index (χ0n) is 7.74. The second kappa shape index (κ2) is 4.28. The van der Waals surface area contributed by atoms with Gasteiger partial charge in [0, 0.05) is 0 Å². The normalized spacial score (nSPS) is 9.14. The third kappa shape index (κ3) is 2.23. The van der Waals surface area contributed by atoms with E-state index in [1.54, 1.807) is 12.1 Å². The van der Waals surface area contributed by atoms with E-state index in [0.717, 1.165) is 5.56 Å². The van der Waals surface area contributed by atoms with E-state index in [2.05, 4.69) is 5.32 Å². The van der Waals surface area contributed by atoms with Gasteiger partial charge in [-0.05, 0) is 18.6 Å². The Bertz CT molecular complexity index is 394. The summed E-state index contributed by atoms with van der Waals surface area (Å²) in [4.78, 5) is 10.3. The number of aliphatic carboxylic acids is 1. The van der Waals surface area contributed by atoms with Crippen molar-refractivity contribution in [2.75, 3.05) is 11.9 Å². The molecule has 0 aromatic heterocycles. The Morgan fingerprint density at radius 1 is 1.64 bits per heavy atom. The molecular weight excluding hydrogens is 180 g/mol. The first kappa shape index (κ1) is 10.1. The molecule has 0 bridgehead atoms. The Labute approximate surface area is 81.8 Å². The van der Waals surface area contributed by atoms with Crippen LogP contribution in [0.2, 0.25) is 0 Å². The highest BCUT2D eigenvalue weighted by molar-refractivity contribution is 5.74. The van der Waals surface area contributed by atoms with E-state index in [9.17, 15) is 4.79 Å². The number of hydrogen-bond donors (Lipinski definition) is 2. The molecular formula is C10H10N2O2. The van der Waals surface area contributed by atoms with Crippen LogP contribution in [0, 0.1) is 18.3 Å². The van der Waals surface area contributed by atoms with Gasteiger partial charge in [-0.1, -0.05) is 12.1 Å². The molecule has 0 spiro atoms. The van der Waals surface area contributed by atoms with Gasteiger partial charge in [-0.3, -0.25) is 4.79 Å². The fourth-order valence-corrected chi connectivity index (χ4v) is 1.13. The number of carboxylic acid groups (broad SMARTS) is 1. The van der Waals surface area contributed by atoms with Gasteiger partial charge in [0.2, 0.25) is 0 Å². The third-order valence-electron chi connectivity index (χ3n) is 1.81. The minimum absolute atomic E-state index is 0.182. The van der Waals surface area contributed by atoms with Gasteiger partial charge in [-0.2, -0.15) is 5.26 Å². The number of carbonyl (C=O) groups is 1. The largest absolute Gasteiger partial charge is 0.480 e. The molecule has 0 saturated carbocycles. The molecule has 1 aromatic carbocycles. The van der Waals surface area contributed by atoms with Crippen LogP contribution in [0.3, 0.4) is 0 Å². The fourth-order valence-electron chi connectivity index (χ4n) is 1.13. The summed E-state index contributed by atoms with van der Waals surface area (Å²) >= 11 is 0. The summed E-state index contributed by atoms with van der Waals surface area (Å²) in [5.41, 5.74) is 1.89. The SMILES string of the molecule is Cc1cccc(NCC(=O)O)c1C#N. The van der Waals surface area contributed by atoms with Crippen LogP contribution in [0.4, 0.5) is 5.69 Å². The van der Waals surface area contributed by atoms with E-state index in [-0.39, 0.29) is 6.54 Å². The van der Waals surface area contributed by atoms with E-state index >= 15 is 0 Å². The summed E-state index contributed by atoms with van der Waals surface area (Å²) in [7, 11) is 0. The fraction of sp³-hybridized carbons (Fsp3) is 0.200. The minimum Gasteiger partial charge on any atom is -0.480 e. The van der Waals surface area contributed by atoms with Gasteiger partial charge in [0.15, 0.2) is 0 Å². The van der Waals surface area contributed by atoms with Gasteiger partial charge in [0.25, 0.3) is 0 Å². The van der Waals surface area contributed by atoms with Gasteiger partial charge in [0.1, 0.15) is 12.6 Å². The summed E-state index contributed by atoms with van der Waals surface area (Å²) in [6.07, 6.45) is 0. The van der Waals surface area contributed by atoms with Gasteiger partial charge in [-0.25, -0.2) is 0 Å². The summed E-state index contributed by atoms with van der Waals surface area (Å²) in [6.45, 7) is 1.63. The maximum Gasteiger partial charge on any atom is 0.322 e. The molecule has 14 heavy (non-hydrogen) atoms. The summed E-state index contributed by atoms with van der Waals surface area (Å²) in [6, 6.07) is 7.31. The van der Waals surface area contributed by atoms with E-state index in [1.807, 2.05) is 19.1 Å². The first-order valence-electron chi connectivity index (χ1n) is 4.10. The Hall–Kier alpha value is -2.02. The Morgan fingerprint density at radius 2 is 2.36 bits per heavy atom. The summed E-state index contributed by atoms with van der Waals surface area (Å²) < 4.78 is 0. The lowest BCUT2D eigenvalue weighted by Crippen LogP contribution is -2.13. The summed E-state index contributed by atoms with van der Waals surface area (Å²) in [5, 5.41) is 20.0. The van der Waals surface area contributed by atoms with Crippen molar-refractivity contribution in [3.8, 4) is 6.07 Å². The van der Waals surface area contributed by atoms with Crippen molar-refractivity contribution < 1.29 is 9.90 Å². The molecule has 4 heteroatoms. The summed E-state index contributed by atoms with van der Waals surface area (Å²) in [5.74, 6) is -0.949. The van der Waals surface area contributed by atoms with Crippen LogP contribution < -0.4 is 5.32 Å². The molecule has 0 saturated heterocycles. The van der Waals surface area contributed by atoms with E-state index < -0.39 is 5.97 Å². The quantitative estimate of drug-likeness (QED) is 0.754. The molecule has 0 atom stereocenters. The van der Waals surface area contributed by atoms with Crippen LogP contribution in [0.25, 0.3) is 0 Å². The lowest BCUT2D eigenvalue weighted by molar-refractivity contribution is -0.134. The first-order valence-corrected chi connectivity index (χ1v) is 4.10. The number of benzene rings is 1. The smallest absolute Gasteiger partial charge is 0.322 e. The minimum atomic E-state index is -0.949. The van der Waals surface area contributed by atoms with Crippen LogP contribution in [-0.4, -0.2) is 17.6 Å². The highest BCUT2D eigenvalue weighted by Gasteiger charge is 2.05. The number of hydrogen-bond acceptors (Lipinski definition) is 3. The van der Waals surface area contributed by atoms with Crippen molar-refractivity contribution >= 4 is 11.7 Å². The zero-order chi connectivity index (χ0) is 10.6. The van der Waals surface area contributed by atoms with Crippen LogP contribution in [0.5, 0.6) is 0 Å². The van der Waals surface area contributed by atoms with Gasteiger partial charge < -0.3 is 10.4 Å². The maximum absolute atomic E-state index is 10.3.